The zero-order valence-electron chi connectivity index (χ0n) is 14.4. The molecule has 3 rings (SSSR count). The summed E-state index contributed by atoms with van der Waals surface area (Å²) in [6, 6.07) is 2.79. The maximum atomic E-state index is 12.7. The average molecular weight is 396 g/mol. The number of benzene rings is 1. The lowest BCUT2D eigenvalue weighted by atomic mass is 10.2. The molecule has 11 heteroatoms. The zero-order chi connectivity index (χ0) is 19.2. The van der Waals surface area contributed by atoms with Gasteiger partial charge in [-0.15, -0.1) is 0 Å². The van der Waals surface area contributed by atoms with Crippen LogP contribution in [0.4, 0.5) is 5.13 Å². The minimum absolute atomic E-state index is 0.0407. The zero-order valence-corrected chi connectivity index (χ0v) is 16.0. The van der Waals surface area contributed by atoms with Gasteiger partial charge < -0.3 is 9.32 Å². The number of fused-ring (bicyclic) bond motifs is 1. The Morgan fingerprint density at radius 1 is 1.31 bits per heavy atom. The first-order valence-corrected chi connectivity index (χ1v) is 9.74. The second-order valence-corrected chi connectivity index (χ2v) is 8.52. The van der Waals surface area contributed by atoms with Gasteiger partial charge in [0.15, 0.2) is 10.7 Å². The monoisotopic (exact) mass is 396 g/mol. The third-order valence-electron chi connectivity index (χ3n) is 3.62. The maximum absolute atomic E-state index is 12.7. The molecule has 2 N–H and O–H groups in total. The number of hydrogen-bond donors (Lipinski definition) is 2. The lowest BCUT2D eigenvalue weighted by Gasteiger charge is -2.08. The fourth-order valence-corrected chi connectivity index (χ4v) is 4.85. The molecule has 0 radical (unpaired) electrons. The molecule has 0 aliphatic carbocycles. The van der Waals surface area contributed by atoms with Crippen LogP contribution in [0.3, 0.4) is 0 Å². The molecule has 0 saturated carbocycles. The van der Waals surface area contributed by atoms with Crippen molar-refractivity contribution in [2.45, 2.75) is 18.7 Å². The number of carbonyl (C=O) groups is 1. The highest BCUT2D eigenvalue weighted by Crippen LogP contribution is 2.28. The molecule has 0 saturated heterocycles. The van der Waals surface area contributed by atoms with Gasteiger partial charge in [-0.3, -0.25) is 14.5 Å². The van der Waals surface area contributed by atoms with Crippen molar-refractivity contribution in [2.75, 3.05) is 18.8 Å². The van der Waals surface area contributed by atoms with E-state index in [9.17, 15) is 18.0 Å². The van der Waals surface area contributed by atoms with Crippen LogP contribution in [0, 0.1) is 13.8 Å². The van der Waals surface area contributed by atoms with Crippen LogP contribution in [0.25, 0.3) is 11.1 Å². The number of nitrogens with one attached hydrogen (secondary N) is 2. The molecule has 2 aromatic heterocycles. The number of H-pyrrole nitrogens is 1. The van der Waals surface area contributed by atoms with E-state index in [0.29, 0.717) is 21.7 Å². The third-order valence-corrected chi connectivity index (χ3v) is 6.30. The number of amides is 1. The van der Waals surface area contributed by atoms with Crippen molar-refractivity contribution in [1.82, 2.24) is 14.9 Å². The summed E-state index contributed by atoms with van der Waals surface area (Å²) < 4.78 is 32.8. The van der Waals surface area contributed by atoms with Crippen LogP contribution in [0.15, 0.2) is 26.2 Å². The van der Waals surface area contributed by atoms with E-state index >= 15 is 0 Å². The lowest BCUT2D eigenvalue weighted by molar-refractivity contribution is 0.0831. The summed E-state index contributed by atoms with van der Waals surface area (Å²) >= 11 is 0.959. The van der Waals surface area contributed by atoms with Gasteiger partial charge in [0, 0.05) is 20.2 Å². The van der Waals surface area contributed by atoms with Crippen molar-refractivity contribution < 1.29 is 17.6 Å². The third kappa shape index (κ3) is 3.22. The minimum atomic E-state index is -3.98. The van der Waals surface area contributed by atoms with Gasteiger partial charge in [-0.2, -0.15) is 0 Å². The Kier molecular flexibility index (Phi) is 4.36. The van der Waals surface area contributed by atoms with Crippen molar-refractivity contribution in [3.63, 3.8) is 0 Å². The van der Waals surface area contributed by atoms with Gasteiger partial charge in [0.05, 0.1) is 16.1 Å². The number of anilines is 1. The fraction of sp³-hybridized carbons (Fsp3) is 0.267. The lowest BCUT2D eigenvalue weighted by Crippen LogP contribution is -2.21. The highest BCUT2D eigenvalue weighted by molar-refractivity contribution is 7.93. The normalized spacial score (nSPS) is 11.7. The molecular formula is C15H16N4O5S2. The Hall–Kier alpha value is -2.66. The Labute approximate surface area is 152 Å². The highest BCUT2D eigenvalue weighted by atomic mass is 32.2. The minimum Gasteiger partial charge on any atom is -0.408 e. The largest absolute Gasteiger partial charge is 0.417 e. The first-order chi connectivity index (χ1) is 12.1. The molecular weight excluding hydrogens is 380 g/mol. The second kappa shape index (κ2) is 6.25. The molecule has 0 unspecified atom stereocenters. The molecule has 0 fully saturated rings. The van der Waals surface area contributed by atoms with Gasteiger partial charge in [-0.25, -0.2) is 18.2 Å². The van der Waals surface area contributed by atoms with E-state index in [-0.39, 0.29) is 21.5 Å². The van der Waals surface area contributed by atoms with Crippen LogP contribution in [-0.4, -0.2) is 43.3 Å². The molecule has 0 atom stereocenters. The Morgan fingerprint density at radius 2 is 2.00 bits per heavy atom. The molecule has 0 spiro atoms. The topological polar surface area (TPSA) is 125 Å². The molecule has 26 heavy (non-hydrogen) atoms. The quantitative estimate of drug-likeness (QED) is 0.691. The number of aromatic nitrogens is 2. The van der Waals surface area contributed by atoms with Crippen LogP contribution >= 0.6 is 11.3 Å². The predicted octanol–water partition coefficient (Wildman–Crippen LogP) is 1.70. The number of carbonyl (C=O) groups excluding carboxylic acids is 1. The van der Waals surface area contributed by atoms with Gasteiger partial charge in [-0.1, -0.05) is 11.3 Å². The van der Waals surface area contributed by atoms with Crippen molar-refractivity contribution in [1.29, 1.82) is 0 Å². The number of oxazole rings is 1. The van der Waals surface area contributed by atoms with Gasteiger partial charge in [0.1, 0.15) is 4.88 Å². The van der Waals surface area contributed by atoms with E-state index in [4.69, 9.17) is 4.42 Å². The number of nitrogens with zero attached hydrogens (tertiary/aromatic N) is 2. The van der Waals surface area contributed by atoms with E-state index in [0.717, 1.165) is 11.3 Å². The number of thiazole rings is 1. The van der Waals surface area contributed by atoms with Gasteiger partial charge in [0.2, 0.25) is 0 Å². The first-order valence-electron chi connectivity index (χ1n) is 7.44. The smallest absolute Gasteiger partial charge is 0.408 e. The number of hydrogen-bond acceptors (Lipinski definition) is 7. The van der Waals surface area contributed by atoms with E-state index in [1.807, 2.05) is 0 Å². The predicted molar refractivity (Wildman–Crippen MR) is 97.2 cm³/mol. The summed E-state index contributed by atoms with van der Waals surface area (Å²) in [5.74, 6) is -0.915. The molecule has 2 heterocycles. The van der Waals surface area contributed by atoms with Gasteiger partial charge >= 0.3 is 5.76 Å². The molecule has 9 nitrogen and oxygen atoms in total. The summed E-state index contributed by atoms with van der Waals surface area (Å²) in [4.78, 5) is 31.7. The van der Waals surface area contributed by atoms with Crippen LogP contribution in [0.5, 0.6) is 0 Å². The number of rotatable bonds is 4. The van der Waals surface area contributed by atoms with Crippen molar-refractivity contribution in [3.05, 3.63) is 38.8 Å². The van der Waals surface area contributed by atoms with Crippen molar-refractivity contribution >= 4 is 43.5 Å². The van der Waals surface area contributed by atoms with Crippen LogP contribution in [-0.2, 0) is 10.0 Å². The second-order valence-electron chi connectivity index (χ2n) is 5.87. The molecule has 0 aliphatic heterocycles. The van der Waals surface area contributed by atoms with Crippen LogP contribution in [0.2, 0.25) is 0 Å². The Morgan fingerprint density at radius 3 is 2.65 bits per heavy atom. The number of aryl methyl sites for hydroxylation is 2. The maximum Gasteiger partial charge on any atom is 0.417 e. The van der Waals surface area contributed by atoms with Gasteiger partial charge in [-0.05, 0) is 25.5 Å². The van der Waals surface area contributed by atoms with Crippen molar-refractivity contribution in [2.24, 2.45) is 0 Å². The van der Waals surface area contributed by atoms with E-state index in [2.05, 4.69) is 14.7 Å². The van der Waals surface area contributed by atoms with Crippen LogP contribution in [0.1, 0.15) is 20.9 Å². The molecule has 0 bridgehead atoms. The highest BCUT2D eigenvalue weighted by Gasteiger charge is 2.23. The summed E-state index contributed by atoms with van der Waals surface area (Å²) in [6.45, 7) is 3.24. The average Bonchev–Trinajstić information content (AvgIpc) is 3.06. The van der Waals surface area contributed by atoms with Gasteiger partial charge in [0.25, 0.3) is 15.9 Å². The van der Waals surface area contributed by atoms with Crippen LogP contribution < -0.4 is 10.5 Å². The summed E-state index contributed by atoms with van der Waals surface area (Å²) in [6.07, 6.45) is 0. The summed E-state index contributed by atoms with van der Waals surface area (Å²) in [5, 5.41) is 0.0859. The Bertz CT molecular complexity index is 1170. The molecule has 1 aromatic carbocycles. The standard InChI is InChI=1S/C15H16N4O5S2/c1-7-5-9-10(24-15(21)17-9)6-11(7)26(22,23)18-14-16-8(2)12(25-14)13(20)19(3)4/h5-6H,1-4H3,(H,16,18)(H,17,21). The molecule has 3 aromatic rings. The van der Waals surface area contributed by atoms with Crippen molar-refractivity contribution in [3.8, 4) is 0 Å². The van der Waals surface area contributed by atoms with E-state index in [1.165, 1.54) is 17.0 Å². The summed E-state index contributed by atoms with van der Waals surface area (Å²) in [7, 11) is -0.767. The van der Waals surface area contributed by atoms with E-state index < -0.39 is 15.8 Å². The molecule has 0 aliphatic rings. The Balaban J connectivity index is 1.99. The SMILES string of the molecule is Cc1cc2[nH]c(=O)oc2cc1S(=O)(=O)Nc1nc(C)c(C(=O)N(C)C)s1. The summed E-state index contributed by atoms with van der Waals surface area (Å²) in [5.41, 5.74) is 1.42. The number of aromatic amines is 1. The number of sulfonamides is 1. The fourth-order valence-electron chi connectivity index (χ4n) is 2.39. The molecule has 1 amide bonds. The molecule has 138 valence electrons. The first kappa shape index (κ1) is 18.1. The van der Waals surface area contributed by atoms with E-state index in [1.54, 1.807) is 27.9 Å².